The molecule has 0 bridgehead atoms. The van der Waals surface area contributed by atoms with Crippen LogP contribution in [0.4, 0.5) is 0 Å². The van der Waals surface area contributed by atoms with Crippen molar-refractivity contribution in [3.63, 3.8) is 0 Å². The van der Waals surface area contributed by atoms with E-state index in [0.717, 1.165) is 74.5 Å². The highest BCUT2D eigenvalue weighted by Gasteiger charge is 2.58. The zero-order valence-electron chi connectivity index (χ0n) is 21.7. The fraction of sp³-hybridized carbons (Fsp3) is 0.929. The predicted octanol–water partition coefficient (Wildman–Crippen LogP) is 4.07. The second-order valence-electron chi connectivity index (χ2n) is 12.4. The molecule has 5 heteroatoms. The third-order valence-corrected chi connectivity index (χ3v) is 10.5. The summed E-state index contributed by atoms with van der Waals surface area (Å²) in [6.07, 6.45) is 13.3. The molecule has 1 amide bonds. The van der Waals surface area contributed by atoms with E-state index in [4.69, 9.17) is 0 Å². The second kappa shape index (κ2) is 10.8. The molecule has 1 aliphatic heterocycles. The molecule has 1 heterocycles. The minimum absolute atomic E-state index is 0.248. The summed E-state index contributed by atoms with van der Waals surface area (Å²) >= 11 is 0. The molecule has 5 rings (SSSR count). The molecule has 0 aromatic carbocycles. The van der Waals surface area contributed by atoms with Crippen LogP contribution in [0.25, 0.3) is 0 Å². The van der Waals surface area contributed by atoms with Gasteiger partial charge < -0.3 is 10.2 Å². The molecule has 5 nitrogen and oxygen atoms in total. The Balaban J connectivity index is 0.000000821. The number of carbonyl (C=O) groups excluding carboxylic acids is 2. The standard InChI is InChI=1S/C26H42N2O2.C2H7N/c1-18-3-5-20-19(15-18)4-6-22-21(20)9-10-26(2)23(22)7-8-24(26)25(30)16-27-11-13-28(17-29)14-12-27;1-3-2/h17-24H,3-16H2,1-2H3;3H,1-2H3. The van der Waals surface area contributed by atoms with E-state index in [1.54, 1.807) is 0 Å². The fourth-order valence-electron chi connectivity index (χ4n) is 8.97. The van der Waals surface area contributed by atoms with E-state index >= 15 is 0 Å². The van der Waals surface area contributed by atoms with Crippen molar-refractivity contribution >= 4 is 12.2 Å². The number of piperazine rings is 1. The van der Waals surface area contributed by atoms with Crippen LogP contribution in [0.3, 0.4) is 0 Å². The topological polar surface area (TPSA) is 52.7 Å². The van der Waals surface area contributed by atoms with Crippen LogP contribution in [0.15, 0.2) is 0 Å². The van der Waals surface area contributed by atoms with E-state index in [2.05, 4.69) is 24.1 Å². The molecule has 0 radical (unpaired) electrons. The lowest BCUT2D eigenvalue weighted by atomic mass is 9.49. The maximum atomic E-state index is 13.4. The number of ketones is 1. The first kappa shape index (κ1) is 25.2. The molecule has 33 heavy (non-hydrogen) atoms. The van der Waals surface area contributed by atoms with Crippen LogP contribution in [0.2, 0.25) is 0 Å². The number of rotatable bonds is 4. The van der Waals surface area contributed by atoms with Crippen molar-refractivity contribution < 1.29 is 9.59 Å². The Morgan fingerprint density at radius 1 is 0.939 bits per heavy atom. The Hall–Kier alpha value is -0.940. The normalized spacial score (nSPS) is 42.9. The van der Waals surface area contributed by atoms with Crippen LogP contribution in [-0.4, -0.2) is 68.8 Å². The van der Waals surface area contributed by atoms with Crippen molar-refractivity contribution in [3.8, 4) is 0 Å². The van der Waals surface area contributed by atoms with Gasteiger partial charge in [-0.1, -0.05) is 20.3 Å². The van der Waals surface area contributed by atoms with Gasteiger partial charge in [-0.2, -0.15) is 0 Å². The maximum Gasteiger partial charge on any atom is 0.209 e. The fourth-order valence-corrected chi connectivity index (χ4v) is 8.97. The average molecular weight is 460 g/mol. The molecule has 8 atom stereocenters. The molecule has 0 aromatic heterocycles. The van der Waals surface area contributed by atoms with Gasteiger partial charge in [-0.05, 0) is 106 Å². The number of fused-ring (bicyclic) bond motifs is 5. The molecule has 5 fully saturated rings. The number of nitrogens with one attached hydrogen (secondary N) is 1. The number of hydrogen-bond acceptors (Lipinski definition) is 4. The first-order chi connectivity index (χ1) is 15.9. The van der Waals surface area contributed by atoms with E-state index in [-0.39, 0.29) is 11.3 Å². The van der Waals surface area contributed by atoms with Gasteiger partial charge in [0, 0.05) is 32.1 Å². The van der Waals surface area contributed by atoms with Gasteiger partial charge in [-0.15, -0.1) is 0 Å². The van der Waals surface area contributed by atoms with Gasteiger partial charge in [0.25, 0.3) is 0 Å². The molecule has 1 N–H and O–H groups in total. The largest absolute Gasteiger partial charge is 0.343 e. The molecule has 1 saturated heterocycles. The van der Waals surface area contributed by atoms with Crippen LogP contribution in [0.5, 0.6) is 0 Å². The minimum Gasteiger partial charge on any atom is -0.343 e. The second-order valence-corrected chi connectivity index (χ2v) is 12.4. The van der Waals surface area contributed by atoms with Crippen molar-refractivity contribution in [1.29, 1.82) is 0 Å². The van der Waals surface area contributed by atoms with Crippen molar-refractivity contribution in [1.82, 2.24) is 15.1 Å². The van der Waals surface area contributed by atoms with Crippen LogP contribution in [0, 0.1) is 46.8 Å². The zero-order chi connectivity index (χ0) is 23.6. The lowest BCUT2D eigenvalue weighted by Gasteiger charge is -2.56. The number of Topliss-reactive ketones (excluding diaryl/α,β-unsaturated/α-hetero) is 1. The van der Waals surface area contributed by atoms with Crippen LogP contribution in [-0.2, 0) is 9.59 Å². The van der Waals surface area contributed by atoms with Gasteiger partial charge in [-0.25, -0.2) is 0 Å². The first-order valence-electron chi connectivity index (χ1n) is 13.9. The third-order valence-electron chi connectivity index (χ3n) is 10.5. The molecule has 4 aliphatic carbocycles. The number of nitrogens with zero attached hydrogens (tertiary/aromatic N) is 2. The molecule has 0 spiro atoms. The van der Waals surface area contributed by atoms with E-state index in [1.165, 1.54) is 51.4 Å². The van der Waals surface area contributed by atoms with Crippen LogP contribution in [0.1, 0.15) is 71.6 Å². The maximum absolute atomic E-state index is 13.4. The summed E-state index contributed by atoms with van der Waals surface area (Å²) in [5.74, 6) is 6.36. The van der Waals surface area contributed by atoms with Crippen LogP contribution >= 0.6 is 0 Å². The van der Waals surface area contributed by atoms with Crippen molar-refractivity contribution in [2.24, 2.45) is 46.8 Å². The summed E-state index contributed by atoms with van der Waals surface area (Å²) in [5, 5.41) is 2.75. The summed E-state index contributed by atoms with van der Waals surface area (Å²) in [5.41, 5.74) is 0.248. The number of hydrogen-bond donors (Lipinski definition) is 1. The monoisotopic (exact) mass is 459 g/mol. The summed E-state index contributed by atoms with van der Waals surface area (Å²) < 4.78 is 0. The Kier molecular flexibility index (Phi) is 8.21. The van der Waals surface area contributed by atoms with Crippen molar-refractivity contribution in [2.75, 3.05) is 46.8 Å². The van der Waals surface area contributed by atoms with E-state index in [9.17, 15) is 9.59 Å². The first-order valence-corrected chi connectivity index (χ1v) is 13.9. The summed E-state index contributed by atoms with van der Waals surface area (Å²) in [6, 6.07) is 0. The van der Waals surface area contributed by atoms with E-state index in [0.29, 0.717) is 12.3 Å². The lowest BCUT2D eigenvalue weighted by Crippen LogP contribution is -2.51. The van der Waals surface area contributed by atoms with Crippen LogP contribution < -0.4 is 5.32 Å². The molecule has 0 aromatic rings. The molecule has 188 valence electrons. The highest BCUT2D eigenvalue weighted by atomic mass is 16.1. The summed E-state index contributed by atoms with van der Waals surface area (Å²) in [4.78, 5) is 28.5. The molecule has 4 saturated carbocycles. The summed E-state index contributed by atoms with van der Waals surface area (Å²) in [6.45, 7) is 8.80. The Morgan fingerprint density at radius 2 is 1.64 bits per heavy atom. The highest BCUT2D eigenvalue weighted by Crippen LogP contribution is 2.64. The number of amides is 1. The molecule has 5 aliphatic rings. The van der Waals surface area contributed by atoms with Gasteiger partial charge in [0.15, 0.2) is 0 Å². The summed E-state index contributed by atoms with van der Waals surface area (Å²) in [7, 11) is 3.75. The van der Waals surface area contributed by atoms with Crippen molar-refractivity contribution in [3.05, 3.63) is 0 Å². The van der Waals surface area contributed by atoms with E-state index in [1.807, 2.05) is 19.0 Å². The smallest absolute Gasteiger partial charge is 0.209 e. The Morgan fingerprint density at radius 3 is 2.33 bits per heavy atom. The lowest BCUT2D eigenvalue weighted by molar-refractivity contribution is -0.132. The molecular formula is C28H49N3O2. The van der Waals surface area contributed by atoms with Crippen molar-refractivity contribution in [2.45, 2.75) is 71.6 Å². The SMILES string of the molecule is CC1CCC2C(CCC3C2CCC2(C)C(C(=O)CN4CCN(C=O)CC4)CCC32)C1.CNC. The Labute approximate surface area is 202 Å². The Bertz CT molecular complexity index is 676. The van der Waals surface area contributed by atoms with Gasteiger partial charge in [-0.3, -0.25) is 14.5 Å². The highest BCUT2D eigenvalue weighted by molar-refractivity contribution is 5.84. The predicted molar refractivity (Wildman–Crippen MR) is 134 cm³/mol. The van der Waals surface area contributed by atoms with E-state index < -0.39 is 0 Å². The molecular weight excluding hydrogens is 410 g/mol. The van der Waals surface area contributed by atoms with Gasteiger partial charge >= 0.3 is 0 Å². The third kappa shape index (κ3) is 5.05. The minimum atomic E-state index is 0.248. The van der Waals surface area contributed by atoms with Gasteiger partial charge in [0.05, 0.1) is 6.54 Å². The van der Waals surface area contributed by atoms with Gasteiger partial charge in [0.2, 0.25) is 6.41 Å². The number of carbonyl (C=O) groups is 2. The van der Waals surface area contributed by atoms with Gasteiger partial charge in [0.1, 0.15) is 5.78 Å². The molecule has 8 unspecified atom stereocenters. The zero-order valence-corrected chi connectivity index (χ0v) is 21.7. The average Bonchev–Trinajstić information content (AvgIpc) is 3.17. The quantitative estimate of drug-likeness (QED) is 0.644.